The summed E-state index contributed by atoms with van der Waals surface area (Å²) in [7, 11) is 0. The van der Waals surface area contributed by atoms with Gasteiger partial charge in [0.25, 0.3) is 5.91 Å². The highest BCUT2D eigenvalue weighted by Crippen LogP contribution is 2.44. The Bertz CT molecular complexity index is 747. The molecule has 2 aliphatic heterocycles. The molecule has 2 fully saturated rings. The molecule has 2 saturated heterocycles. The summed E-state index contributed by atoms with van der Waals surface area (Å²) in [6.45, 7) is 5.70. The van der Waals surface area contributed by atoms with Crippen LogP contribution in [-0.2, 0) is 9.53 Å². The highest BCUT2D eigenvalue weighted by atomic mass is 32.2. The van der Waals surface area contributed by atoms with Crippen molar-refractivity contribution >= 4 is 29.7 Å². The molecule has 1 aromatic carbocycles. The number of likely N-dealkylation sites (tertiary alicyclic amines) is 1. The van der Waals surface area contributed by atoms with E-state index in [1.807, 2.05) is 47.9 Å². The predicted octanol–water partition coefficient (Wildman–Crippen LogP) is 2.25. The van der Waals surface area contributed by atoms with E-state index in [1.165, 1.54) is 0 Å². The first-order valence-corrected chi connectivity index (χ1v) is 10.7. The topological polar surface area (TPSA) is 79.0 Å². The van der Waals surface area contributed by atoms with Crippen LogP contribution < -0.4 is 5.32 Å². The van der Waals surface area contributed by atoms with E-state index in [0.717, 1.165) is 36.3 Å². The lowest BCUT2D eigenvalue weighted by Gasteiger charge is -2.44. The van der Waals surface area contributed by atoms with Gasteiger partial charge in [-0.15, -0.1) is 11.8 Å². The molecule has 2 heterocycles. The summed E-state index contributed by atoms with van der Waals surface area (Å²) in [5.41, 5.74) is 1.73. The Morgan fingerprint density at radius 3 is 2.57 bits per heavy atom. The van der Waals surface area contributed by atoms with E-state index in [2.05, 4.69) is 5.32 Å². The minimum absolute atomic E-state index is 0.0725. The highest BCUT2D eigenvalue weighted by molar-refractivity contribution is 8.00. The molecule has 8 heteroatoms. The zero-order valence-corrected chi connectivity index (χ0v) is 17.2. The lowest BCUT2D eigenvalue weighted by atomic mass is 10.00. The molecule has 0 radical (unpaired) electrons. The molecular formula is C20H27N3O4S. The molecule has 1 aromatic rings. The summed E-state index contributed by atoms with van der Waals surface area (Å²) in [5.74, 6) is 0.543. The van der Waals surface area contributed by atoms with Crippen LogP contribution >= 0.6 is 11.8 Å². The number of carbonyl (C=O) groups is 3. The van der Waals surface area contributed by atoms with E-state index in [0.29, 0.717) is 19.7 Å². The molecule has 0 aromatic heterocycles. The van der Waals surface area contributed by atoms with E-state index in [4.69, 9.17) is 4.74 Å². The van der Waals surface area contributed by atoms with Gasteiger partial charge in [-0.25, -0.2) is 4.79 Å². The Morgan fingerprint density at radius 1 is 1.18 bits per heavy atom. The number of hydrogen-bond donors (Lipinski definition) is 1. The molecule has 0 unspecified atom stereocenters. The number of rotatable bonds is 4. The molecule has 1 N–H and O–H groups in total. The lowest BCUT2D eigenvalue weighted by molar-refractivity contribution is -0.141. The Kier molecular flexibility index (Phi) is 6.49. The number of urea groups is 1. The zero-order valence-electron chi connectivity index (χ0n) is 16.4. The minimum Gasteiger partial charge on any atom is -0.465 e. The summed E-state index contributed by atoms with van der Waals surface area (Å²) in [6.07, 6.45) is 1.45. The standard InChI is InChI=1S/C20H27N3O4S/c1-3-27-17(24)14-21-19(26)22-10-8-20(9-11-22)23(12-13-28-20)18(25)16-7-5-4-6-15(16)2/h4-7H,3,8-14H2,1-2H3,(H,21,26). The van der Waals surface area contributed by atoms with Crippen LogP contribution in [0.15, 0.2) is 24.3 Å². The smallest absolute Gasteiger partial charge is 0.325 e. The van der Waals surface area contributed by atoms with Crippen LogP contribution in [0.2, 0.25) is 0 Å². The van der Waals surface area contributed by atoms with Crippen molar-refractivity contribution in [2.24, 2.45) is 0 Å². The molecule has 1 spiro atoms. The van der Waals surface area contributed by atoms with Crippen LogP contribution in [0.4, 0.5) is 4.79 Å². The quantitative estimate of drug-likeness (QED) is 0.778. The Labute approximate surface area is 169 Å². The first kappa shape index (κ1) is 20.5. The second-order valence-corrected chi connectivity index (χ2v) is 8.47. The number of nitrogens with zero attached hydrogens (tertiary/aromatic N) is 2. The van der Waals surface area contributed by atoms with Gasteiger partial charge in [-0.2, -0.15) is 0 Å². The van der Waals surface area contributed by atoms with E-state index < -0.39 is 5.97 Å². The summed E-state index contributed by atoms with van der Waals surface area (Å²) in [4.78, 5) is 40.3. The number of piperidine rings is 1. The summed E-state index contributed by atoms with van der Waals surface area (Å²) < 4.78 is 4.83. The third-order valence-electron chi connectivity index (χ3n) is 5.32. The van der Waals surface area contributed by atoms with E-state index in [9.17, 15) is 14.4 Å². The maximum Gasteiger partial charge on any atom is 0.325 e. The second kappa shape index (κ2) is 8.86. The van der Waals surface area contributed by atoms with Gasteiger partial charge in [0.15, 0.2) is 0 Å². The number of amides is 3. The number of esters is 1. The number of ether oxygens (including phenoxy) is 1. The monoisotopic (exact) mass is 405 g/mol. The van der Waals surface area contributed by atoms with Crippen LogP contribution in [0.1, 0.15) is 35.7 Å². The largest absolute Gasteiger partial charge is 0.465 e. The molecule has 0 bridgehead atoms. The fourth-order valence-corrected chi connectivity index (χ4v) is 5.25. The molecule has 7 nitrogen and oxygen atoms in total. The molecule has 3 rings (SSSR count). The van der Waals surface area contributed by atoms with Crippen molar-refractivity contribution in [1.29, 1.82) is 0 Å². The Hall–Kier alpha value is -2.22. The lowest BCUT2D eigenvalue weighted by Crippen LogP contribution is -2.55. The molecule has 152 valence electrons. The molecule has 28 heavy (non-hydrogen) atoms. The summed E-state index contributed by atoms with van der Waals surface area (Å²) in [6, 6.07) is 7.41. The van der Waals surface area contributed by atoms with Crippen molar-refractivity contribution in [3.8, 4) is 0 Å². The summed E-state index contributed by atoms with van der Waals surface area (Å²) in [5, 5.41) is 2.61. The zero-order chi connectivity index (χ0) is 20.1. The van der Waals surface area contributed by atoms with Gasteiger partial charge < -0.3 is 19.9 Å². The van der Waals surface area contributed by atoms with Crippen molar-refractivity contribution in [2.45, 2.75) is 31.6 Å². The van der Waals surface area contributed by atoms with Crippen LogP contribution in [0.25, 0.3) is 0 Å². The summed E-state index contributed by atoms with van der Waals surface area (Å²) >= 11 is 1.81. The fourth-order valence-electron chi connectivity index (χ4n) is 3.80. The minimum atomic E-state index is -0.439. The highest BCUT2D eigenvalue weighted by Gasteiger charge is 2.47. The average molecular weight is 406 g/mol. The van der Waals surface area contributed by atoms with Gasteiger partial charge in [-0.05, 0) is 38.3 Å². The fraction of sp³-hybridized carbons (Fsp3) is 0.550. The number of carbonyl (C=O) groups excluding carboxylic acids is 3. The molecule has 0 saturated carbocycles. The van der Waals surface area contributed by atoms with E-state index >= 15 is 0 Å². The van der Waals surface area contributed by atoms with Gasteiger partial charge in [0.1, 0.15) is 6.54 Å². The number of nitrogens with one attached hydrogen (secondary N) is 1. The van der Waals surface area contributed by atoms with Crippen molar-refractivity contribution in [1.82, 2.24) is 15.1 Å². The molecule has 0 aliphatic carbocycles. The van der Waals surface area contributed by atoms with Gasteiger partial charge in [0.2, 0.25) is 0 Å². The molecule has 3 amide bonds. The van der Waals surface area contributed by atoms with Crippen LogP contribution in [0, 0.1) is 6.92 Å². The van der Waals surface area contributed by atoms with Crippen molar-refractivity contribution < 1.29 is 19.1 Å². The first-order chi connectivity index (χ1) is 13.5. The normalized spacial score (nSPS) is 18.2. The van der Waals surface area contributed by atoms with E-state index in [-0.39, 0.29) is 23.4 Å². The van der Waals surface area contributed by atoms with Crippen molar-refractivity contribution in [3.05, 3.63) is 35.4 Å². The SMILES string of the molecule is CCOC(=O)CNC(=O)N1CCC2(CC1)SCCN2C(=O)c1ccccc1C. The molecule has 2 aliphatic rings. The number of benzene rings is 1. The maximum atomic E-state index is 13.2. The van der Waals surface area contributed by atoms with Crippen molar-refractivity contribution in [3.63, 3.8) is 0 Å². The van der Waals surface area contributed by atoms with Gasteiger partial charge in [-0.1, -0.05) is 18.2 Å². The second-order valence-electron chi connectivity index (χ2n) is 7.02. The molecular weight excluding hydrogens is 378 g/mol. The van der Waals surface area contributed by atoms with E-state index in [1.54, 1.807) is 11.8 Å². The van der Waals surface area contributed by atoms with Gasteiger partial charge in [0, 0.05) is 31.0 Å². The van der Waals surface area contributed by atoms with Gasteiger partial charge >= 0.3 is 12.0 Å². The number of thioether (sulfide) groups is 1. The predicted molar refractivity (Wildman–Crippen MR) is 108 cm³/mol. The third kappa shape index (κ3) is 4.27. The number of hydrogen-bond acceptors (Lipinski definition) is 5. The van der Waals surface area contributed by atoms with Gasteiger partial charge in [-0.3, -0.25) is 9.59 Å². The molecule has 0 atom stereocenters. The Morgan fingerprint density at radius 2 is 1.89 bits per heavy atom. The maximum absolute atomic E-state index is 13.2. The van der Waals surface area contributed by atoms with Crippen LogP contribution in [0.5, 0.6) is 0 Å². The first-order valence-electron chi connectivity index (χ1n) is 9.67. The van der Waals surface area contributed by atoms with Gasteiger partial charge in [0.05, 0.1) is 11.5 Å². The average Bonchev–Trinajstić information content (AvgIpc) is 3.10. The Balaban J connectivity index is 1.60. The third-order valence-corrected chi connectivity index (χ3v) is 6.87. The van der Waals surface area contributed by atoms with Crippen LogP contribution in [-0.4, -0.2) is 71.1 Å². The van der Waals surface area contributed by atoms with Crippen molar-refractivity contribution in [2.75, 3.05) is 38.5 Å². The van der Waals surface area contributed by atoms with Crippen LogP contribution in [0.3, 0.4) is 0 Å². The number of aryl methyl sites for hydroxylation is 1.